The number of urea groups is 1. The van der Waals surface area contributed by atoms with Crippen LogP contribution in [0.25, 0.3) is 5.65 Å². The lowest BCUT2D eigenvalue weighted by molar-refractivity contribution is -0.132. The molecule has 31 heavy (non-hydrogen) atoms. The predicted molar refractivity (Wildman–Crippen MR) is 115 cm³/mol. The van der Waals surface area contributed by atoms with Crippen LogP contribution in [0.4, 0.5) is 10.6 Å². The van der Waals surface area contributed by atoms with Crippen molar-refractivity contribution in [2.45, 2.75) is 32.4 Å². The van der Waals surface area contributed by atoms with Gasteiger partial charge in [0.1, 0.15) is 6.33 Å². The van der Waals surface area contributed by atoms with Crippen molar-refractivity contribution in [3.63, 3.8) is 0 Å². The van der Waals surface area contributed by atoms with E-state index in [-0.39, 0.29) is 18.4 Å². The molecule has 1 aliphatic rings. The van der Waals surface area contributed by atoms with E-state index < -0.39 is 12.1 Å². The second-order valence-electron chi connectivity index (χ2n) is 7.82. The fourth-order valence-corrected chi connectivity index (χ4v) is 4.14. The van der Waals surface area contributed by atoms with Gasteiger partial charge in [0, 0.05) is 38.1 Å². The molecule has 3 N–H and O–H groups in total. The molecule has 1 aliphatic heterocycles. The fraction of sp³-hybridized carbons (Fsp3) is 0.381. The Morgan fingerprint density at radius 2 is 2.10 bits per heavy atom. The molecule has 2 atom stereocenters. The number of aromatic nitrogens is 4. The number of carbonyl (C=O) groups is 2. The summed E-state index contributed by atoms with van der Waals surface area (Å²) in [5, 5.41) is 10.8. The van der Waals surface area contributed by atoms with Gasteiger partial charge in [0.05, 0.1) is 12.5 Å². The molecule has 1 fully saturated rings. The molecule has 10 heteroatoms. The van der Waals surface area contributed by atoms with Gasteiger partial charge in [-0.3, -0.25) is 9.20 Å². The highest BCUT2D eigenvalue weighted by atomic mass is 16.2. The van der Waals surface area contributed by atoms with Gasteiger partial charge in [-0.1, -0.05) is 24.3 Å². The zero-order chi connectivity index (χ0) is 22.0. The van der Waals surface area contributed by atoms with Crippen LogP contribution in [0.3, 0.4) is 0 Å². The Morgan fingerprint density at radius 3 is 2.84 bits per heavy atom. The molecular weight excluding hydrogens is 396 g/mol. The third-order valence-corrected chi connectivity index (χ3v) is 5.71. The summed E-state index contributed by atoms with van der Waals surface area (Å²) < 4.78 is 1.83. The molecule has 10 nitrogen and oxygen atoms in total. The molecule has 3 amide bonds. The lowest BCUT2D eigenvalue weighted by Crippen LogP contribution is -2.54. The second kappa shape index (κ2) is 8.58. The molecule has 1 aromatic carbocycles. The Morgan fingerprint density at radius 1 is 1.29 bits per heavy atom. The number of benzene rings is 1. The summed E-state index contributed by atoms with van der Waals surface area (Å²) in [7, 11) is 0. The number of piperazine rings is 1. The van der Waals surface area contributed by atoms with E-state index in [1.807, 2.05) is 40.5 Å². The number of rotatable bonds is 5. The van der Waals surface area contributed by atoms with Crippen molar-refractivity contribution in [1.82, 2.24) is 29.8 Å². The van der Waals surface area contributed by atoms with Gasteiger partial charge >= 0.3 is 6.03 Å². The van der Waals surface area contributed by atoms with Crippen LogP contribution in [0, 0.1) is 6.92 Å². The molecule has 0 spiro atoms. The highest BCUT2D eigenvalue weighted by Gasteiger charge is 2.30. The zero-order valence-electron chi connectivity index (χ0n) is 17.6. The van der Waals surface area contributed by atoms with E-state index in [0.29, 0.717) is 25.3 Å². The Kier molecular flexibility index (Phi) is 5.70. The minimum atomic E-state index is -0.647. The Labute approximate surface area is 180 Å². The zero-order valence-corrected chi connectivity index (χ0v) is 17.6. The van der Waals surface area contributed by atoms with Crippen LogP contribution >= 0.6 is 0 Å². The average Bonchev–Trinajstić information content (AvgIpc) is 3.22. The van der Waals surface area contributed by atoms with Crippen molar-refractivity contribution in [2.75, 3.05) is 24.5 Å². The molecule has 0 radical (unpaired) electrons. The van der Waals surface area contributed by atoms with Crippen LogP contribution in [-0.2, 0) is 4.79 Å². The van der Waals surface area contributed by atoms with Crippen LogP contribution in [0.2, 0.25) is 0 Å². The van der Waals surface area contributed by atoms with Crippen LogP contribution < -0.4 is 16.0 Å². The Balaban J connectivity index is 1.47. The summed E-state index contributed by atoms with van der Waals surface area (Å²) in [5.41, 5.74) is 7.96. The van der Waals surface area contributed by atoms with Crippen molar-refractivity contribution >= 4 is 23.4 Å². The van der Waals surface area contributed by atoms with E-state index in [2.05, 4.69) is 32.3 Å². The van der Waals surface area contributed by atoms with Gasteiger partial charge in [-0.2, -0.15) is 0 Å². The van der Waals surface area contributed by atoms with Gasteiger partial charge in [-0.25, -0.2) is 9.78 Å². The number of amides is 3. The molecule has 0 saturated carbocycles. The number of anilines is 1. The minimum absolute atomic E-state index is 0.0258. The van der Waals surface area contributed by atoms with Crippen LogP contribution in [0.5, 0.6) is 0 Å². The monoisotopic (exact) mass is 422 g/mol. The molecule has 3 aromatic rings. The number of nitrogens with zero attached hydrogens (tertiary/aromatic N) is 6. The summed E-state index contributed by atoms with van der Waals surface area (Å²) in [5.74, 6) is 0.731. The molecule has 4 rings (SSSR count). The number of carbonyl (C=O) groups excluding carboxylic acids is 2. The predicted octanol–water partition coefficient (Wildman–Crippen LogP) is 1.27. The lowest BCUT2D eigenvalue weighted by Gasteiger charge is -2.40. The molecule has 1 saturated heterocycles. The molecule has 162 valence electrons. The van der Waals surface area contributed by atoms with Gasteiger partial charge in [0.2, 0.25) is 11.6 Å². The smallest absolute Gasteiger partial charge is 0.312 e. The summed E-state index contributed by atoms with van der Waals surface area (Å²) in [6.45, 7) is 5.74. The molecule has 2 aromatic heterocycles. The summed E-state index contributed by atoms with van der Waals surface area (Å²) in [4.78, 5) is 33.1. The van der Waals surface area contributed by atoms with Gasteiger partial charge in [0.15, 0.2) is 5.82 Å². The summed E-state index contributed by atoms with van der Waals surface area (Å²) in [6.07, 6.45) is 5.32. The van der Waals surface area contributed by atoms with E-state index in [9.17, 15) is 9.59 Å². The Bertz CT molecular complexity index is 1100. The Hall–Kier alpha value is -3.69. The fourth-order valence-electron chi connectivity index (χ4n) is 4.14. The maximum atomic E-state index is 13.1. The maximum Gasteiger partial charge on any atom is 0.312 e. The van der Waals surface area contributed by atoms with Crippen molar-refractivity contribution in [3.8, 4) is 0 Å². The van der Waals surface area contributed by atoms with Crippen molar-refractivity contribution in [2.24, 2.45) is 5.73 Å². The normalized spacial score (nSPS) is 17.5. The first-order chi connectivity index (χ1) is 14.9. The first-order valence-electron chi connectivity index (χ1n) is 10.2. The van der Waals surface area contributed by atoms with Crippen molar-refractivity contribution in [1.29, 1.82) is 0 Å². The third-order valence-electron chi connectivity index (χ3n) is 5.71. The van der Waals surface area contributed by atoms with E-state index in [1.165, 1.54) is 0 Å². The van der Waals surface area contributed by atoms with E-state index in [1.54, 1.807) is 18.7 Å². The van der Waals surface area contributed by atoms with Crippen LogP contribution in [0.1, 0.15) is 30.5 Å². The highest BCUT2D eigenvalue weighted by molar-refractivity contribution is 5.79. The molecular formula is C21H26N8O2. The van der Waals surface area contributed by atoms with Gasteiger partial charge in [-0.05, 0) is 25.0 Å². The summed E-state index contributed by atoms with van der Waals surface area (Å²) in [6, 6.07) is 6.61. The van der Waals surface area contributed by atoms with Gasteiger partial charge in [0.25, 0.3) is 0 Å². The molecule has 0 aliphatic carbocycles. The minimum Gasteiger partial charge on any atom is -0.352 e. The van der Waals surface area contributed by atoms with Crippen LogP contribution in [-0.4, -0.2) is 62.1 Å². The third kappa shape index (κ3) is 4.27. The number of fused-ring (bicyclic) bond motifs is 1. The number of aryl methyl sites for hydroxylation is 1. The van der Waals surface area contributed by atoms with Gasteiger partial charge < -0.3 is 20.9 Å². The first kappa shape index (κ1) is 20.6. The lowest BCUT2D eigenvalue weighted by atomic mass is 9.98. The number of primary amides is 1. The molecule has 2 unspecified atom stereocenters. The van der Waals surface area contributed by atoms with Gasteiger partial charge in [-0.15, -0.1) is 10.2 Å². The number of hydrogen-bond donors (Lipinski definition) is 2. The largest absolute Gasteiger partial charge is 0.352 e. The van der Waals surface area contributed by atoms with E-state index >= 15 is 0 Å². The number of nitrogens with two attached hydrogens (primary N) is 1. The standard InChI is InChI=1S/C21H26N8O2/c1-14-5-3-4-6-16(14)17(25-21(22)31)11-18(30)27-9-10-29(15(2)12-27)19-20-26-24-13-28(20)8-7-23-19/h3-8,13,15,17H,9-12H2,1-2H3,(H3,22,25,31). The average molecular weight is 422 g/mol. The maximum absolute atomic E-state index is 13.1. The quantitative estimate of drug-likeness (QED) is 0.639. The van der Waals surface area contributed by atoms with Crippen molar-refractivity contribution < 1.29 is 9.59 Å². The highest BCUT2D eigenvalue weighted by Crippen LogP contribution is 2.25. The number of hydrogen-bond acceptors (Lipinski definition) is 6. The molecule has 0 bridgehead atoms. The van der Waals surface area contributed by atoms with E-state index in [0.717, 1.165) is 16.9 Å². The number of nitrogens with one attached hydrogen (secondary N) is 1. The SMILES string of the molecule is Cc1ccccc1C(CC(=O)N1CCN(c2nccn3cnnc23)C(C)C1)NC(N)=O. The van der Waals surface area contributed by atoms with E-state index in [4.69, 9.17) is 5.73 Å². The van der Waals surface area contributed by atoms with Crippen molar-refractivity contribution in [3.05, 3.63) is 54.1 Å². The second-order valence-corrected chi connectivity index (χ2v) is 7.82. The molecule has 3 heterocycles. The topological polar surface area (TPSA) is 122 Å². The first-order valence-corrected chi connectivity index (χ1v) is 10.2. The van der Waals surface area contributed by atoms with Crippen LogP contribution in [0.15, 0.2) is 43.0 Å². The summed E-state index contributed by atoms with van der Waals surface area (Å²) >= 11 is 0.